The number of carbonyl (C=O) groups is 1. The van der Waals surface area contributed by atoms with E-state index >= 15 is 0 Å². The Morgan fingerprint density at radius 2 is 1.95 bits per heavy atom. The maximum absolute atomic E-state index is 11.9. The zero-order chi connectivity index (χ0) is 16.1. The first kappa shape index (κ1) is 16.1. The zero-order valence-electron chi connectivity index (χ0n) is 12.6. The van der Waals surface area contributed by atoms with Crippen LogP contribution in [-0.4, -0.2) is 25.2 Å². The van der Waals surface area contributed by atoms with E-state index in [1.807, 2.05) is 24.3 Å². The summed E-state index contributed by atoms with van der Waals surface area (Å²) in [6.07, 6.45) is 0. The van der Waals surface area contributed by atoms with E-state index in [-0.39, 0.29) is 0 Å². The van der Waals surface area contributed by atoms with Crippen molar-refractivity contribution in [3.63, 3.8) is 0 Å². The van der Waals surface area contributed by atoms with Gasteiger partial charge in [0.2, 0.25) is 0 Å². The molecule has 1 N–H and O–H groups in total. The van der Waals surface area contributed by atoms with E-state index in [2.05, 4.69) is 10.3 Å². The van der Waals surface area contributed by atoms with Gasteiger partial charge in [0, 0.05) is 6.54 Å². The summed E-state index contributed by atoms with van der Waals surface area (Å²) >= 11 is 5.97. The van der Waals surface area contributed by atoms with Gasteiger partial charge in [0.25, 0.3) is 0 Å². The molecule has 1 aromatic heterocycles. The number of methoxy groups -OCH3 is 2. The number of nitrogens with one attached hydrogen (secondary N) is 1. The van der Waals surface area contributed by atoms with Crippen LogP contribution in [0.1, 0.15) is 21.5 Å². The molecule has 0 saturated carbocycles. The van der Waals surface area contributed by atoms with Crippen LogP contribution < -0.4 is 10.1 Å². The molecule has 2 aromatic rings. The lowest BCUT2D eigenvalue weighted by Gasteiger charge is -2.13. The van der Waals surface area contributed by atoms with Crippen molar-refractivity contribution in [2.45, 2.75) is 13.5 Å². The van der Waals surface area contributed by atoms with Gasteiger partial charge in [-0.2, -0.15) is 0 Å². The molecule has 0 fully saturated rings. The van der Waals surface area contributed by atoms with Crippen LogP contribution in [0.3, 0.4) is 0 Å². The van der Waals surface area contributed by atoms with Gasteiger partial charge in [0.05, 0.1) is 14.2 Å². The summed E-state index contributed by atoms with van der Waals surface area (Å²) in [5, 5.41) is 3.45. The van der Waals surface area contributed by atoms with Crippen LogP contribution >= 0.6 is 11.6 Å². The molecule has 0 radical (unpaired) electrons. The van der Waals surface area contributed by atoms with Gasteiger partial charge < -0.3 is 14.8 Å². The number of nitrogens with zero attached hydrogens (tertiary/aromatic N) is 1. The van der Waals surface area contributed by atoms with Gasteiger partial charge >= 0.3 is 5.97 Å². The molecule has 116 valence electrons. The second kappa shape index (κ2) is 7.13. The SMILES string of the molecule is COC(=O)c1c(C)cc(Cl)nc1NCc1ccc(OC)cc1. The topological polar surface area (TPSA) is 60.5 Å². The molecule has 0 bridgehead atoms. The first-order chi connectivity index (χ1) is 10.5. The highest BCUT2D eigenvalue weighted by molar-refractivity contribution is 6.29. The largest absolute Gasteiger partial charge is 0.497 e. The van der Waals surface area contributed by atoms with Gasteiger partial charge in [0.15, 0.2) is 0 Å². The molecule has 0 saturated heterocycles. The third kappa shape index (κ3) is 3.68. The Labute approximate surface area is 134 Å². The van der Waals surface area contributed by atoms with Crippen molar-refractivity contribution < 1.29 is 14.3 Å². The Morgan fingerprint density at radius 1 is 1.27 bits per heavy atom. The van der Waals surface area contributed by atoms with E-state index in [0.717, 1.165) is 11.3 Å². The van der Waals surface area contributed by atoms with Crippen molar-refractivity contribution in [3.05, 3.63) is 52.2 Å². The summed E-state index contributed by atoms with van der Waals surface area (Å²) in [6.45, 7) is 2.29. The quantitative estimate of drug-likeness (QED) is 0.675. The van der Waals surface area contributed by atoms with Crippen LogP contribution in [0, 0.1) is 6.92 Å². The fraction of sp³-hybridized carbons (Fsp3) is 0.250. The number of aromatic nitrogens is 1. The monoisotopic (exact) mass is 320 g/mol. The average Bonchev–Trinajstić information content (AvgIpc) is 2.52. The number of ether oxygens (including phenoxy) is 2. The maximum atomic E-state index is 11.9. The van der Waals surface area contributed by atoms with Crippen molar-refractivity contribution >= 4 is 23.4 Å². The second-order valence-corrected chi connectivity index (χ2v) is 5.07. The average molecular weight is 321 g/mol. The van der Waals surface area contributed by atoms with Crippen molar-refractivity contribution in [1.29, 1.82) is 0 Å². The molecule has 0 unspecified atom stereocenters. The smallest absolute Gasteiger partial charge is 0.341 e. The molecule has 6 heteroatoms. The Balaban J connectivity index is 2.22. The summed E-state index contributed by atoms with van der Waals surface area (Å²) in [5.74, 6) is 0.752. The highest BCUT2D eigenvalue weighted by Crippen LogP contribution is 2.23. The minimum atomic E-state index is -0.445. The maximum Gasteiger partial charge on any atom is 0.341 e. The van der Waals surface area contributed by atoms with Crippen LogP contribution in [0.5, 0.6) is 5.75 Å². The fourth-order valence-corrected chi connectivity index (χ4v) is 2.30. The van der Waals surface area contributed by atoms with Crippen LogP contribution in [0.2, 0.25) is 5.15 Å². The van der Waals surface area contributed by atoms with Crippen molar-refractivity contribution in [3.8, 4) is 5.75 Å². The number of aryl methyl sites for hydroxylation is 1. The summed E-state index contributed by atoms with van der Waals surface area (Å²) in [6, 6.07) is 9.23. The number of pyridine rings is 1. The molecule has 5 nitrogen and oxygen atoms in total. The van der Waals surface area contributed by atoms with Gasteiger partial charge in [-0.1, -0.05) is 23.7 Å². The predicted molar refractivity (Wildman–Crippen MR) is 85.6 cm³/mol. The van der Waals surface area contributed by atoms with E-state index in [1.54, 1.807) is 20.1 Å². The summed E-state index contributed by atoms with van der Waals surface area (Å²) < 4.78 is 9.92. The van der Waals surface area contributed by atoms with Crippen LogP contribution in [0.15, 0.2) is 30.3 Å². The van der Waals surface area contributed by atoms with Crippen molar-refractivity contribution in [1.82, 2.24) is 4.98 Å². The van der Waals surface area contributed by atoms with Crippen molar-refractivity contribution in [2.24, 2.45) is 0 Å². The Bertz CT molecular complexity index is 672. The molecule has 0 aliphatic heterocycles. The highest BCUT2D eigenvalue weighted by atomic mass is 35.5. The minimum absolute atomic E-state index is 0.322. The number of hydrogen-bond donors (Lipinski definition) is 1. The van der Waals surface area contributed by atoms with Crippen LogP contribution in [0.25, 0.3) is 0 Å². The van der Waals surface area contributed by atoms with Crippen LogP contribution in [-0.2, 0) is 11.3 Å². The lowest BCUT2D eigenvalue weighted by atomic mass is 10.1. The van der Waals surface area contributed by atoms with E-state index in [4.69, 9.17) is 21.1 Å². The number of anilines is 1. The van der Waals surface area contributed by atoms with Gasteiger partial charge in [-0.3, -0.25) is 0 Å². The Morgan fingerprint density at radius 3 is 2.55 bits per heavy atom. The van der Waals surface area contributed by atoms with E-state index in [1.165, 1.54) is 7.11 Å². The van der Waals surface area contributed by atoms with Gasteiger partial charge in [-0.15, -0.1) is 0 Å². The number of carbonyl (C=O) groups excluding carboxylic acids is 1. The van der Waals surface area contributed by atoms with E-state index < -0.39 is 5.97 Å². The fourth-order valence-electron chi connectivity index (χ4n) is 2.05. The minimum Gasteiger partial charge on any atom is -0.497 e. The van der Waals surface area contributed by atoms with Gasteiger partial charge in [-0.05, 0) is 36.2 Å². The first-order valence-corrected chi connectivity index (χ1v) is 7.05. The number of esters is 1. The molecule has 2 rings (SSSR count). The summed E-state index contributed by atoms with van der Waals surface area (Å²) in [5.41, 5.74) is 2.13. The third-order valence-corrected chi connectivity index (χ3v) is 3.39. The zero-order valence-corrected chi connectivity index (χ0v) is 13.4. The molecule has 0 amide bonds. The lowest BCUT2D eigenvalue weighted by Crippen LogP contribution is -2.12. The van der Waals surface area contributed by atoms with Gasteiger partial charge in [0.1, 0.15) is 22.3 Å². The van der Waals surface area contributed by atoms with E-state index in [0.29, 0.717) is 28.6 Å². The molecule has 22 heavy (non-hydrogen) atoms. The lowest BCUT2D eigenvalue weighted by molar-refractivity contribution is 0.0600. The molecule has 0 aliphatic rings. The molecule has 1 aromatic carbocycles. The number of halogens is 1. The molecule has 1 heterocycles. The predicted octanol–water partition coefficient (Wildman–Crippen LogP) is 3.45. The molecular weight excluding hydrogens is 304 g/mol. The third-order valence-electron chi connectivity index (χ3n) is 3.19. The summed E-state index contributed by atoms with van der Waals surface area (Å²) in [4.78, 5) is 16.1. The number of hydrogen-bond acceptors (Lipinski definition) is 5. The van der Waals surface area contributed by atoms with E-state index in [9.17, 15) is 4.79 Å². The Kier molecular flexibility index (Phi) is 5.22. The second-order valence-electron chi connectivity index (χ2n) is 4.68. The Hall–Kier alpha value is -2.27. The molecular formula is C16H17ClN2O3. The molecule has 0 aliphatic carbocycles. The van der Waals surface area contributed by atoms with Crippen molar-refractivity contribution in [2.75, 3.05) is 19.5 Å². The standard InChI is InChI=1S/C16H17ClN2O3/c1-10-8-13(17)19-15(14(10)16(20)22-3)18-9-11-4-6-12(21-2)7-5-11/h4-8H,9H2,1-3H3,(H,18,19). The summed E-state index contributed by atoms with van der Waals surface area (Å²) in [7, 11) is 2.96. The van der Waals surface area contributed by atoms with Gasteiger partial charge in [-0.25, -0.2) is 9.78 Å². The number of rotatable bonds is 5. The molecule has 0 spiro atoms. The van der Waals surface area contributed by atoms with Crippen LogP contribution in [0.4, 0.5) is 5.82 Å². The normalized spacial score (nSPS) is 10.2. The number of benzene rings is 1. The molecule has 0 atom stereocenters. The highest BCUT2D eigenvalue weighted by Gasteiger charge is 2.17. The first-order valence-electron chi connectivity index (χ1n) is 6.67.